The lowest BCUT2D eigenvalue weighted by Gasteiger charge is -2.09. The number of rotatable bonds is 2. The molecule has 0 heterocycles. The third-order valence-corrected chi connectivity index (χ3v) is 0.834. The molecule has 0 aromatic rings. The molecule has 0 atom stereocenters. The molecule has 0 amide bonds. The minimum atomic E-state index is 0. The van der Waals surface area contributed by atoms with Crippen molar-refractivity contribution >= 4 is 18.4 Å². The van der Waals surface area contributed by atoms with Crippen LogP contribution in [0.5, 0.6) is 0 Å². The van der Waals surface area contributed by atoms with Crippen LogP contribution < -0.4 is 11.1 Å². The summed E-state index contributed by atoms with van der Waals surface area (Å²) in [7, 11) is 0. The minimum absolute atomic E-state index is 0. The van der Waals surface area contributed by atoms with Gasteiger partial charge in [0.25, 0.3) is 0 Å². The maximum Gasteiger partial charge on any atom is 0.189 e. The van der Waals surface area contributed by atoms with Gasteiger partial charge in [-0.1, -0.05) is 0 Å². The van der Waals surface area contributed by atoms with Gasteiger partial charge in [-0.15, -0.1) is 12.4 Å². The standard InChI is InChI=1S/C7H17N3.ClH/c1-5(2)9-7(8)10-6(3)4;/h5-6H,1-4H3,(H3,8,9,10);1H. The summed E-state index contributed by atoms with van der Waals surface area (Å²) in [4.78, 5) is 4.10. The van der Waals surface area contributed by atoms with Gasteiger partial charge in [0.2, 0.25) is 0 Å². The molecule has 0 saturated carbocycles. The fourth-order valence-electron chi connectivity index (χ4n) is 0.611. The number of aliphatic imine (C=N–C) groups is 1. The van der Waals surface area contributed by atoms with E-state index in [1.165, 1.54) is 0 Å². The van der Waals surface area contributed by atoms with E-state index < -0.39 is 0 Å². The van der Waals surface area contributed by atoms with Crippen molar-refractivity contribution in [2.45, 2.75) is 39.8 Å². The molecule has 4 heteroatoms. The highest BCUT2D eigenvalue weighted by atomic mass is 35.5. The highest BCUT2D eigenvalue weighted by Gasteiger charge is 1.94. The Bertz CT molecular complexity index is 121. The zero-order valence-electron chi connectivity index (χ0n) is 7.59. The number of nitrogens with one attached hydrogen (secondary N) is 1. The second kappa shape index (κ2) is 6.28. The first-order chi connectivity index (χ1) is 4.52. The van der Waals surface area contributed by atoms with Crippen LogP contribution in [0, 0.1) is 0 Å². The van der Waals surface area contributed by atoms with Gasteiger partial charge in [-0.05, 0) is 27.7 Å². The first-order valence-corrected chi connectivity index (χ1v) is 3.62. The Morgan fingerprint density at radius 1 is 1.27 bits per heavy atom. The van der Waals surface area contributed by atoms with E-state index in [9.17, 15) is 0 Å². The highest BCUT2D eigenvalue weighted by Crippen LogP contribution is 1.84. The summed E-state index contributed by atoms with van der Waals surface area (Å²) in [5, 5.41) is 3.00. The molecule has 0 fully saturated rings. The van der Waals surface area contributed by atoms with E-state index in [1.807, 2.05) is 27.7 Å². The Morgan fingerprint density at radius 2 is 1.73 bits per heavy atom. The van der Waals surface area contributed by atoms with Crippen molar-refractivity contribution in [2.75, 3.05) is 0 Å². The Morgan fingerprint density at radius 3 is 2.00 bits per heavy atom. The van der Waals surface area contributed by atoms with Crippen molar-refractivity contribution in [3.8, 4) is 0 Å². The van der Waals surface area contributed by atoms with E-state index in [1.54, 1.807) is 0 Å². The predicted molar refractivity (Wildman–Crippen MR) is 52.3 cm³/mol. The van der Waals surface area contributed by atoms with Crippen LogP contribution in [-0.2, 0) is 0 Å². The van der Waals surface area contributed by atoms with Gasteiger partial charge in [0.05, 0.1) is 0 Å². The second-order valence-electron chi connectivity index (χ2n) is 2.91. The summed E-state index contributed by atoms with van der Waals surface area (Å²) in [5.74, 6) is 0.532. The maximum absolute atomic E-state index is 5.51. The number of halogens is 1. The summed E-state index contributed by atoms with van der Waals surface area (Å²) in [6.45, 7) is 8.05. The SMILES string of the molecule is CC(C)N=C(N)NC(C)C.Cl. The lowest BCUT2D eigenvalue weighted by molar-refractivity contribution is 0.713. The summed E-state index contributed by atoms with van der Waals surface area (Å²) >= 11 is 0. The average Bonchev–Trinajstić information content (AvgIpc) is 1.58. The lowest BCUT2D eigenvalue weighted by atomic mass is 10.4. The van der Waals surface area contributed by atoms with Crippen LogP contribution in [0.4, 0.5) is 0 Å². The molecule has 3 nitrogen and oxygen atoms in total. The van der Waals surface area contributed by atoms with Crippen molar-refractivity contribution in [1.82, 2.24) is 5.32 Å². The van der Waals surface area contributed by atoms with Crippen LogP contribution in [0.15, 0.2) is 4.99 Å². The fraction of sp³-hybridized carbons (Fsp3) is 0.857. The van der Waals surface area contributed by atoms with E-state index in [0.717, 1.165) is 0 Å². The molecule has 0 spiro atoms. The molecular weight excluding hydrogens is 162 g/mol. The van der Waals surface area contributed by atoms with Gasteiger partial charge in [0.1, 0.15) is 0 Å². The molecule has 11 heavy (non-hydrogen) atoms. The highest BCUT2D eigenvalue weighted by molar-refractivity contribution is 5.85. The number of nitrogens with two attached hydrogens (primary N) is 1. The van der Waals surface area contributed by atoms with Crippen LogP contribution >= 0.6 is 12.4 Å². The fourth-order valence-corrected chi connectivity index (χ4v) is 0.611. The predicted octanol–water partition coefficient (Wildman–Crippen LogP) is 1.13. The van der Waals surface area contributed by atoms with E-state index in [-0.39, 0.29) is 18.4 Å². The minimum Gasteiger partial charge on any atom is -0.370 e. The average molecular weight is 180 g/mol. The monoisotopic (exact) mass is 179 g/mol. The molecule has 0 aromatic heterocycles. The van der Waals surface area contributed by atoms with Crippen molar-refractivity contribution in [2.24, 2.45) is 10.7 Å². The van der Waals surface area contributed by atoms with Gasteiger partial charge in [-0.3, -0.25) is 4.99 Å². The number of guanidine groups is 1. The Hall–Kier alpha value is -0.440. The Balaban J connectivity index is 0. The largest absolute Gasteiger partial charge is 0.370 e. The first kappa shape index (κ1) is 13.2. The topological polar surface area (TPSA) is 50.4 Å². The summed E-state index contributed by atoms with van der Waals surface area (Å²) < 4.78 is 0. The van der Waals surface area contributed by atoms with E-state index in [0.29, 0.717) is 12.0 Å². The van der Waals surface area contributed by atoms with Crippen molar-refractivity contribution in [3.05, 3.63) is 0 Å². The van der Waals surface area contributed by atoms with Crippen LogP contribution in [0.25, 0.3) is 0 Å². The molecule has 0 unspecified atom stereocenters. The van der Waals surface area contributed by atoms with Gasteiger partial charge < -0.3 is 11.1 Å². The second-order valence-corrected chi connectivity index (χ2v) is 2.91. The zero-order valence-corrected chi connectivity index (χ0v) is 8.40. The molecule has 68 valence electrons. The summed E-state index contributed by atoms with van der Waals surface area (Å²) in [6, 6.07) is 0.633. The third kappa shape index (κ3) is 9.56. The smallest absolute Gasteiger partial charge is 0.189 e. The van der Waals surface area contributed by atoms with E-state index >= 15 is 0 Å². The molecule has 0 aliphatic rings. The normalized spacial score (nSPS) is 11.6. The van der Waals surface area contributed by atoms with Crippen LogP contribution in [0.1, 0.15) is 27.7 Å². The number of hydrogen-bond donors (Lipinski definition) is 2. The molecule has 0 radical (unpaired) electrons. The van der Waals surface area contributed by atoms with Crippen molar-refractivity contribution in [3.63, 3.8) is 0 Å². The molecule has 0 aliphatic carbocycles. The molecular formula is C7H18ClN3. The number of hydrogen-bond acceptors (Lipinski definition) is 1. The van der Waals surface area contributed by atoms with Gasteiger partial charge in [0.15, 0.2) is 5.96 Å². The first-order valence-electron chi connectivity index (χ1n) is 3.62. The molecule has 0 saturated heterocycles. The van der Waals surface area contributed by atoms with Crippen LogP contribution in [0.2, 0.25) is 0 Å². The van der Waals surface area contributed by atoms with Crippen molar-refractivity contribution in [1.29, 1.82) is 0 Å². The molecule has 3 N–H and O–H groups in total. The summed E-state index contributed by atoms with van der Waals surface area (Å²) in [5.41, 5.74) is 5.51. The van der Waals surface area contributed by atoms with Gasteiger partial charge >= 0.3 is 0 Å². The van der Waals surface area contributed by atoms with E-state index in [2.05, 4.69) is 10.3 Å². The molecule has 0 aromatic carbocycles. The van der Waals surface area contributed by atoms with E-state index in [4.69, 9.17) is 5.73 Å². The maximum atomic E-state index is 5.51. The molecule has 0 rings (SSSR count). The van der Waals surface area contributed by atoms with Gasteiger partial charge in [-0.2, -0.15) is 0 Å². The van der Waals surface area contributed by atoms with Crippen molar-refractivity contribution < 1.29 is 0 Å². The lowest BCUT2D eigenvalue weighted by Crippen LogP contribution is -2.37. The quantitative estimate of drug-likeness (QED) is 0.493. The van der Waals surface area contributed by atoms with Crippen LogP contribution in [-0.4, -0.2) is 18.0 Å². The Labute approximate surface area is 74.9 Å². The number of nitrogens with zero attached hydrogens (tertiary/aromatic N) is 1. The molecule has 0 bridgehead atoms. The summed E-state index contributed by atoms with van der Waals surface area (Å²) in [6.07, 6.45) is 0. The molecule has 0 aliphatic heterocycles. The Kier molecular flexibility index (Phi) is 7.52. The van der Waals surface area contributed by atoms with Gasteiger partial charge in [0, 0.05) is 12.1 Å². The van der Waals surface area contributed by atoms with Gasteiger partial charge in [-0.25, -0.2) is 0 Å². The zero-order chi connectivity index (χ0) is 8.15. The third-order valence-electron chi connectivity index (χ3n) is 0.834. The van der Waals surface area contributed by atoms with Crippen LogP contribution in [0.3, 0.4) is 0 Å².